The van der Waals surface area contributed by atoms with Gasteiger partial charge < -0.3 is 10.6 Å². The molecule has 21 heavy (non-hydrogen) atoms. The molecule has 1 aromatic carbocycles. The first kappa shape index (κ1) is 15.4. The topological polar surface area (TPSA) is 49.8 Å². The van der Waals surface area contributed by atoms with E-state index in [0.29, 0.717) is 5.69 Å². The fourth-order valence-corrected chi connectivity index (χ4v) is 2.07. The summed E-state index contributed by atoms with van der Waals surface area (Å²) in [5.41, 5.74) is 0.663. The number of nitrogens with one attached hydrogen (secondary N) is 2. The first-order chi connectivity index (χ1) is 9.92. The predicted octanol–water partition coefficient (Wildman–Crippen LogP) is 4.00. The van der Waals surface area contributed by atoms with Crippen LogP contribution in [0.4, 0.5) is 30.5 Å². The largest absolute Gasteiger partial charge is 0.451 e. The molecule has 8 heteroatoms. The summed E-state index contributed by atoms with van der Waals surface area (Å²) in [6, 6.07) is 8.74. The van der Waals surface area contributed by atoms with Crippen LogP contribution in [0, 0.1) is 0 Å². The molecule has 2 N–H and O–H groups in total. The number of aromatic nitrogens is 2. The van der Waals surface area contributed by atoms with E-state index in [-0.39, 0.29) is 11.6 Å². The van der Waals surface area contributed by atoms with Crippen LogP contribution in [0.2, 0.25) is 0 Å². The Kier molecular flexibility index (Phi) is 4.56. The van der Waals surface area contributed by atoms with Crippen molar-refractivity contribution in [3.8, 4) is 0 Å². The van der Waals surface area contributed by atoms with Crippen LogP contribution in [0.5, 0.6) is 0 Å². The van der Waals surface area contributed by atoms with Crippen molar-refractivity contribution in [1.82, 2.24) is 9.97 Å². The molecule has 4 nitrogen and oxygen atoms in total. The number of hydrogen-bond acceptors (Lipinski definition) is 5. The third kappa shape index (κ3) is 4.01. The fraction of sp³-hybridized carbons (Fsp3) is 0.231. The van der Waals surface area contributed by atoms with Crippen LogP contribution in [-0.2, 0) is 6.18 Å². The Bertz CT molecular complexity index is 631. The summed E-state index contributed by atoms with van der Waals surface area (Å²) in [7, 11) is 1.50. The summed E-state index contributed by atoms with van der Waals surface area (Å²) < 4.78 is 38.3. The lowest BCUT2D eigenvalue weighted by molar-refractivity contribution is -0.144. The predicted molar refractivity (Wildman–Crippen MR) is 78.1 cm³/mol. The van der Waals surface area contributed by atoms with Gasteiger partial charge in [0.25, 0.3) is 0 Å². The maximum Gasteiger partial charge on any atom is 0.451 e. The molecule has 0 aliphatic heterocycles. The van der Waals surface area contributed by atoms with E-state index in [0.717, 1.165) is 4.90 Å². The van der Waals surface area contributed by atoms with E-state index >= 15 is 0 Å². The summed E-state index contributed by atoms with van der Waals surface area (Å²) in [4.78, 5) is 7.92. The summed E-state index contributed by atoms with van der Waals surface area (Å²) in [5.74, 6) is -1.00. The van der Waals surface area contributed by atoms with Crippen molar-refractivity contribution in [2.24, 2.45) is 0 Å². The Labute approximate surface area is 124 Å². The van der Waals surface area contributed by atoms with Gasteiger partial charge in [-0.15, -0.1) is 11.8 Å². The molecule has 0 amide bonds. The monoisotopic (exact) mass is 314 g/mol. The lowest BCUT2D eigenvalue weighted by Crippen LogP contribution is -2.13. The van der Waals surface area contributed by atoms with Gasteiger partial charge in [-0.05, 0) is 24.5 Å². The SMILES string of the molecule is CNc1cc(Nc2cccc(SC)c2)nc(C(F)(F)F)n1. The van der Waals surface area contributed by atoms with Gasteiger partial charge in [-0.3, -0.25) is 0 Å². The highest BCUT2D eigenvalue weighted by molar-refractivity contribution is 7.98. The molecule has 0 aliphatic carbocycles. The van der Waals surface area contributed by atoms with Crippen LogP contribution in [0.1, 0.15) is 5.82 Å². The van der Waals surface area contributed by atoms with E-state index in [1.165, 1.54) is 13.1 Å². The third-order valence-corrected chi connectivity index (χ3v) is 3.30. The summed E-state index contributed by atoms with van der Waals surface area (Å²) in [5, 5.41) is 5.45. The molecule has 0 radical (unpaired) electrons. The van der Waals surface area contributed by atoms with Gasteiger partial charge in [0.05, 0.1) is 0 Å². The molecule has 0 saturated heterocycles. The molecule has 0 aliphatic rings. The summed E-state index contributed by atoms with van der Waals surface area (Å²) >= 11 is 1.54. The molecule has 1 aromatic heterocycles. The zero-order valence-electron chi connectivity index (χ0n) is 11.3. The van der Waals surface area contributed by atoms with Crippen LogP contribution in [-0.4, -0.2) is 23.3 Å². The average Bonchev–Trinajstić information content (AvgIpc) is 2.46. The smallest absolute Gasteiger partial charge is 0.373 e. The van der Waals surface area contributed by atoms with E-state index < -0.39 is 12.0 Å². The number of benzene rings is 1. The van der Waals surface area contributed by atoms with E-state index in [1.807, 2.05) is 24.5 Å². The molecule has 0 spiro atoms. The van der Waals surface area contributed by atoms with Gasteiger partial charge >= 0.3 is 6.18 Å². The first-order valence-electron chi connectivity index (χ1n) is 5.97. The quantitative estimate of drug-likeness (QED) is 0.835. The Balaban J connectivity index is 2.34. The molecule has 0 atom stereocenters. The van der Waals surface area contributed by atoms with Crippen molar-refractivity contribution in [3.05, 3.63) is 36.2 Å². The highest BCUT2D eigenvalue weighted by atomic mass is 32.2. The number of halogens is 3. The van der Waals surface area contributed by atoms with Crippen LogP contribution < -0.4 is 10.6 Å². The Morgan fingerprint density at radius 2 is 1.81 bits per heavy atom. The maximum absolute atomic E-state index is 12.8. The molecule has 112 valence electrons. The number of alkyl halides is 3. The van der Waals surface area contributed by atoms with Crippen LogP contribution in [0.25, 0.3) is 0 Å². The normalized spacial score (nSPS) is 11.3. The number of nitrogens with zero attached hydrogens (tertiary/aromatic N) is 2. The van der Waals surface area contributed by atoms with Crippen LogP contribution >= 0.6 is 11.8 Å². The van der Waals surface area contributed by atoms with Crippen LogP contribution in [0.3, 0.4) is 0 Å². The fourth-order valence-electron chi connectivity index (χ4n) is 1.61. The van der Waals surface area contributed by atoms with Crippen molar-refractivity contribution in [2.45, 2.75) is 11.1 Å². The molecule has 2 rings (SSSR count). The van der Waals surface area contributed by atoms with Gasteiger partial charge in [0, 0.05) is 23.7 Å². The van der Waals surface area contributed by atoms with Gasteiger partial charge in [0.2, 0.25) is 5.82 Å². The van der Waals surface area contributed by atoms with Gasteiger partial charge in [-0.25, -0.2) is 9.97 Å². The molecule has 1 heterocycles. The molecule has 0 fully saturated rings. The van der Waals surface area contributed by atoms with E-state index in [1.54, 1.807) is 17.8 Å². The van der Waals surface area contributed by atoms with Crippen molar-refractivity contribution in [1.29, 1.82) is 0 Å². The average molecular weight is 314 g/mol. The second kappa shape index (κ2) is 6.21. The van der Waals surface area contributed by atoms with Gasteiger partial charge in [-0.2, -0.15) is 13.2 Å². The zero-order chi connectivity index (χ0) is 15.5. The maximum atomic E-state index is 12.8. The van der Waals surface area contributed by atoms with Crippen molar-refractivity contribution in [3.63, 3.8) is 0 Å². The highest BCUT2D eigenvalue weighted by Gasteiger charge is 2.35. The Morgan fingerprint density at radius 3 is 2.43 bits per heavy atom. The lowest BCUT2D eigenvalue weighted by Gasteiger charge is -2.12. The Morgan fingerprint density at radius 1 is 1.10 bits per heavy atom. The highest BCUT2D eigenvalue weighted by Crippen LogP contribution is 2.29. The molecule has 0 unspecified atom stereocenters. The number of thioether (sulfide) groups is 1. The van der Waals surface area contributed by atoms with Gasteiger partial charge in [0.1, 0.15) is 11.6 Å². The number of anilines is 3. The first-order valence-corrected chi connectivity index (χ1v) is 7.20. The van der Waals surface area contributed by atoms with Crippen molar-refractivity contribution < 1.29 is 13.2 Å². The molecular formula is C13H13F3N4S. The zero-order valence-corrected chi connectivity index (χ0v) is 12.1. The molecule has 0 saturated carbocycles. The summed E-state index contributed by atoms with van der Waals surface area (Å²) in [6.07, 6.45) is -2.67. The Hall–Kier alpha value is -1.96. The second-order valence-electron chi connectivity index (χ2n) is 4.07. The minimum atomic E-state index is -4.59. The third-order valence-electron chi connectivity index (χ3n) is 2.58. The lowest BCUT2D eigenvalue weighted by atomic mass is 10.3. The van der Waals surface area contributed by atoms with Gasteiger partial charge in [0.15, 0.2) is 0 Å². The molecule has 2 aromatic rings. The standard InChI is InChI=1S/C13H13F3N4S/c1-17-10-7-11(20-12(19-10)13(14,15)16)18-8-4-3-5-9(6-8)21-2/h3-7H,1-2H3,(H2,17,18,19,20). The number of rotatable bonds is 4. The minimum absolute atomic E-state index is 0.0833. The van der Waals surface area contributed by atoms with Gasteiger partial charge in [-0.1, -0.05) is 6.07 Å². The second-order valence-corrected chi connectivity index (χ2v) is 4.95. The van der Waals surface area contributed by atoms with E-state index in [2.05, 4.69) is 20.6 Å². The van der Waals surface area contributed by atoms with E-state index in [9.17, 15) is 13.2 Å². The van der Waals surface area contributed by atoms with Crippen LogP contribution in [0.15, 0.2) is 35.2 Å². The van der Waals surface area contributed by atoms with Crippen molar-refractivity contribution in [2.75, 3.05) is 23.9 Å². The van der Waals surface area contributed by atoms with E-state index in [4.69, 9.17) is 0 Å². The summed E-state index contributed by atoms with van der Waals surface area (Å²) in [6.45, 7) is 0. The molecular weight excluding hydrogens is 301 g/mol. The number of hydrogen-bond donors (Lipinski definition) is 2. The molecule has 0 bridgehead atoms. The minimum Gasteiger partial charge on any atom is -0.373 e. The van der Waals surface area contributed by atoms with Crippen molar-refractivity contribution >= 4 is 29.1 Å².